The smallest absolute Gasteiger partial charge is 0.162 e. The van der Waals surface area contributed by atoms with E-state index in [2.05, 4.69) is 54.1 Å². The van der Waals surface area contributed by atoms with E-state index in [1.165, 1.54) is 4.90 Å². The molecule has 0 saturated carbocycles. The van der Waals surface area contributed by atoms with Crippen molar-refractivity contribution in [1.29, 1.82) is 0 Å². The number of thioether (sulfide) groups is 1. The highest BCUT2D eigenvalue weighted by Gasteiger charge is 2.23. The summed E-state index contributed by atoms with van der Waals surface area (Å²) in [5, 5.41) is 0. The van der Waals surface area contributed by atoms with Crippen LogP contribution in [0.1, 0.15) is 24.2 Å². The van der Waals surface area contributed by atoms with E-state index >= 15 is 0 Å². The van der Waals surface area contributed by atoms with Gasteiger partial charge < -0.3 is 14.0 Å². The highest BCUT2D eigenvalue weighted by Crippen LogP contribution is 2.39. The van der Waals surface area contributed by atoms with Gasteiger partial charge in [0.1, 0.15) is 0 Å². The highest BCUT2D eigenvalue weighted by molar-refractivity contribution is 8.00. The predicted molar refractivity (Wildman–Crippen MR) is 111 cm³/mol. The molecule has 1 aliphatic rings. The van der Waals surface area contributed by atoms with Crippen molar-refractivity contribution < 1.29 is 9.47 Å². The van der Waals surface area contributed by atoms with Gasteiger partial charge >= 0.3 is 0 Å². The summed E-state index contributed by atoms with van der Waals surface area (Å²) in [6, 6.07) is 18.7. The largest absolute Gasteiger partial charge is 0.493 e. The summed E-state index contributed by atoms with van der Waals surface area (Å²) in [6.07, 6.45) is 2.08. The van der Waals surface area contributed by atoms with Crippen molar-refractivity contribution >= 4 is 17.5 Å². The maximum Gasteiger partial charge on any atom is 0.162 e. The van der Waals surface area contributed by atoms with Crippen molar-refractivity contribution in [2.45, 2.75) is 17.9 Å². The van der Waals surface area contributed by atoms with Crippen LogP contribution in [0.25, 0.3) is 5.69 Å². The quantitative estimate of drug-likeness (QED) is 0.576. The summed E-state index contributed by atoms with van der Waals surface area (Å²) in [7, 11) is 3.33. The minimum absolute atomic E-state index is 0.0334. The lowest BCUT2D eigenvalue weighted by atomic mass is 10.1. The fourth-order valence-corrected chi connectivity index (χ4v) is 4.28. The Bertz CT molecular complexity index is 979. The van der Waals surface area contributed by atoms with Crippen molar-refractivity contribution in [2.24, 2.45) is 4.99 Å². The first-order valence-electron chi connectivity index (χ1n) is 8.90. The van der Waals surface area contributed by atoms with Crippen LogP contribution in [0.2, 0.25) is 0 Å². The molecule has 0 bridgehead atoms. The predicted octanol–water partition coefficient (Wildman–Crippen LogP) is 5.15. The average Bonchev–Trinajstić information content (AvgIpc) is 3.16. The SMILES string of the molecule is COc1cc2c(cc1OC)-n1cccc1C(CSc1ccccc1)=N[C@H]2C. The van der Waals surface area contributed by atoms with Crippen LogP contribution in [0.3, 0.4) is 0 Å². The van der Waals surface area contributed by atoms with E-state index in [-0.39, 0.29) is 6.04 Å². The number of methoxy groups -OCH3 is 2. The number of benzene rings is 2. The van der Waals surface area contributed by atoms with E-state index in [4.69, 9.17) is 14.5 Å². The van der Waals surface area contributed by atoms with Gasteiger partial charge in [-0.2, -0.15) is 0 Å². The molecule has 4 nitrogen and oxygen atoms in total. The molecule has 138 valence electrons. The molecule has 0 saturated heterocycles. The Balaban J connectivity index is 1.76. The Kier molecular flexibility index (Phi) is 4.94. The number of hydrogen-bond acceptors (Lipinski definition) is 4. The molecule has 3 aromatic rings. The molecule has 0 unspecified atom stereocenters. The first-order valence-corrected chi connectivity index (χ1v) is 9.88. The van der Waals surface area contributed by atoms with Gasteiger partial charge in [0.25, 0.3) is 0 Å². The van der Waals surface area contributed by atoms with Gasteiger partial charge in [-0.3, -0.25) is 4.99 Å². The molecule has 1 aliphatic heterocycles. The molecule has 1 atom stereocenters. The van der Waals surface area contributed by atoms with E-state index < -0.39 is 0 Å². The monoisotopic (exact) mass is 378 g/mol. The Labute approximate surface area is 163 Å². The van der Waals surface area contributed by atoms with Crippen LogP contribution in [0.5, 0.6) is 11.5 Å². The second kappa shape index (κ2) is 7.53. The molecule has 0 fully saturated rings. The lowest BCUT2D eigenvalue weighted by molar-refractivity contribution is 0.354. The Morgan fingerprint density at radius 3 is 2.48 bits per heavy atom. The Morgan fingerprint density at radius 2 is 1.74 bits per heavy atom. The third-order valence-electron chi connectivity index (χ3n) is 4.76. The molecule has 5 heteroatoms. The van der Waals surface area contributed by atoms with Gasteiger partial charge in [-0.05, 0) is 37.3 Å². The van der Waals surface area contributed by atoms with Gasteiger partial charge in [0.2, 0.25) is 0 Å². The van der Waals surface area contributed by atoms with Crippen LogP contribution < -0.4 is 9.47 Å². The molecule has 0 amide bonds. The van der Waals surface area contributed by atoms with E-state index in [1.807, 2.05) is 18.2 Å². The van der Waals surface area contributed by atoms with Crippen molar-refractivity contribution in [3.8, 4) is 17.2 Å². The van der Waals surface area contributed by atoms with E-state index in [0.717, 1.165) is 39.9 Å². The van der Waals surface area contributed by atoms with Gasteiger partial charge in [0, 0.05) is 28.5 Å². The first kappa shape index (κ1) is 17.7. The maximum atomic E-state index is 5.52. The van der Waals surface area contributed by atoms with Gasteiger partial charge in [-0.1, -0.05) is 18.2 Å². The molecule has 27 heavy (non-hydrogen) atoms. The lowest BCUT2D eigenvalue weighted by Gasteiger charge is -2.17. The molecule has 2 heterocycles. The highest BCUT2D eigenvalue weighted by atomic mass is 32.2. The summed E-state index contributed by atoms with van der Waals surface area (Å²) < 4.78 is 13.2. The molecule has 1 aromatic heterocycles. The molecule has 0 aliphatic carbocycles. The molecule has 0 spiro atoms. The van der Waals surface area contributed by atoms with Gasteiger partial charge in [-0.15, -0.1) is 11.8 Å². The molecule has 0 N–H and O–H groups in total. The van der Waals surface area contributed by atoms with Crippen LogP contribution in [-0.2, 0) is 0 Å². The lowest BCUT2D eigenvalue weighted by Crippen LogP contribution is -2.09. The minimum atomic E-state index is 0.0334. The number of rotatable bonds is 5. The molecular formula is C22H22N2O2S. The zero-order valence-corrected chi connectivity index (χ0v) is 16.5. The second-order valence-corrected chi connectivity index (χ2v) is 7.43. The Morgan fingerprint density at radius 1 is 1.00 bits per heavy atom. The van der Waals surface area contributed by atoms with Crippen molar-refractivity contribution in [3.63, 3.8) is 0 Å². The summed E-state index contributed by atoms with van der Waals surface area (Å²) in [5.74, 6) is 2.28. The average molecular weight is 378 g/mol. The fourth-order valence-electron chi connectivity index (χ4n) is 3.40. The molecular weight excluding hydrogens is 356 g/mol. The summed E-state index contributed by atoms with van der Waals surface area (Å²) in [4.78, 5) is 6.30. The number of aromatic nitrogens is 1. The van der Waals surface area contributed by atoms with Crippen molar-refractivity contribution in [3.05, 3.63) is 72.1 Å². The van der Waals surface area contributed by atoms with E-state index in [0.29, 0.717) is 0 Å². The zero-order chi connectivity index (χ0) is 18.8. The third-order valence-corrected chi connectivity index (χ3v) is 5.78. The van der Waals surface area contributed by atoms with Gasteiger partial charge in [0.05, 0.1) is 37.4 Å². The number of fused-ring (bicyclic) bond motifs is 3. The van der Waals surface area contributed by atoms with Crippen LogP contribution in [0, 0.1) is 0 Å². The molecule has 2 aromatic carbocycles. The normalized spacial score (nSPS) is 15.4. The Hall–Kier alpha value is -2.66. The topological polar surface area (TPSA) is 35.8 Å². The third kappa shape index (κ3) is 3.35. The van der Waals surface area contributed by atoms with Gasteiger partial charge in [-0.25, -0.2) is 0 Å². The van der Waals surface area contributed by atoms with E-state index in [9.17, 15) is 0 Å². The maximum absolute atomic E-state index is 5.52. The summed E-state index contributed by atoms with van der Waals surface area (Å²) in [5.41, 5.74) is 4.43. The number of nitrogens with zero attached hydrogens (tertiary/aromatic N) is 2. The number of aliphatic imine (C=N–C) groups is 1. The van der Waals surface area contributed by atoms with Crippen molar-refractivity contribution in [2.75, 3.05) is 20.0 Å². The summed E-state index contributed by atoms with van der Waals surface area (Å²) in [6.45, 7) is 2.13. The first-order chi connectivity index (χ1) is 13.2. The number of hydrogen-bond donors (Lipinski definition) is 0. The fraction of sp³-hybridized carbons (Fsp3) is 0.227. The number of ether oxygens (including phenoxy) is 2. The minimum Gasteiger partial charge on any atom is -0.493 e. The summed E-state index contributed by atoms with van der Waals surface area (Å²) >= 11 is 1.81. The van der Waals surface area contributed by atoms with E-state index in [1.54, 1.807) is 26.0 Å². The van der Waals surface area contributed by atoms with Crippen LogP contribution in [0.4, 0.5) is 0 Å². The van der Waals surface area contributed by atoms with Crippen molar-refractivity contribution in [1.82, 2.24) is 4.57 Å². The van der Waals surface area contributed by atoms with Crippen LogP contribution >= 0.6 is 11.8 Å². The molecule has 0 radical (unpaired) electrons. The van der Waals surface area contributed by atoms with Gasteiger partial charge in [0.15, 0.2) is 11.5 Å². The van der Waals surface area contributed by atoms with Crippen LogP contribution in [-0.4, -0.2) is 30.3 Å². The second-order valence-electron chi connectivity index (χ2n) is 6.38. The standard InChI is InChI=1S/C22H22N2O2S/c1-15-17-12-21(25-2)22(26-3)13-20(17)24-11-7-10-19(24)18(23-15)14-27-16-8-5-4-6-9-16/h4-13,15H,14H2,1-3H3/t15-/m0/s1. The van der Waals surface area contributed by atoms with Crippen LogP contribution in [0.15, 0.2) is 70.7 Å². The molecule has 4 rings (SSSR count). The zero-order valence-electron chi connectivity index (χ0n) is 15.7.